The molecular formula is C24H21ClN6O2. The Labute approximate surface area is 195 Å². The molecule has 0 saturated carbocycles. The number of halogens is 1. The van der Waals surface area contributed by atoms with Crippen LogP contribution in [0.2, 0.25) is 5.02 Å². The van der Waals surface area contributed by atoms with Crippen LogP contribution in [0.1, 0.15) is 22.6 Å². The van der Waals surface area contributed by atoms with Crippen LogP contribution in [0.5, 0.6) is 5.75 Å². The highest BCUT2D eigenvalue weighted by Crippen LogP contribution is 2.33. The van der Waals surface area contributed by atoms with Crippen molar-refractivity contribution in [2.24, 2.45) is 5.16 Å². The third-order valence-electron chi connectivity index (χ3n) is 5.57. The van der Waals surface area contributed by atoms with Crippen molar-refractivity contribution in [1.29, 1.82) is 0 Å². The Hall–Kier alpha value is -3.91. The second kappa shape index (κ2) is 8.55. The predicted molar refractivity (Wildman–Crippen MR) is 127 cm³/mol. The number of aromatic nitrogens is 5. The lowest BCUT2D eigenvalue weighted by atomic mass is 10.2. The average molecular weight is 461 g/mol. The number of ether oxygens (including phenoxy) is 1. The van der Waals surface area contributed by atoms with Crippen molar-refractivity contribution in [3.63, 3.8) is 0 Å². The molecule has 0 unspecified atom stereocenters. The minimum atomic E-state index is 0.120. The molecule has 9 heteroatoms. The van der Waals surface area contributed by atoms with Gasteiger partial charge in [0.15, 0.2) is 23.7 Å². The minimum Gasteiger partial charge on any atom is -0.495 e. The quantitative estimate of drug-likeness (QED) is 0.266. The van der Waals surface area contributed by atoms with E-state index >= 15 is 0 Å². The van der Waals surface area contributed by atoms with E-state index in [-0.39, 0.29) is 6.61 Å². The topological polar surface area (TPSA) is 78.8 Å². The molecule has 0 aliphatic heterocycles. The molecule has 0 saturated heterocycles. The summed E-state index contributed by atoms with van der Waals surface area (Å²) < 4.78 is 9.33. The Morgan fingerprint density at radius 2 is 1.85 bits per heavy atom. The van der Waals surface area contributed by atoms with Crippen LogP contribution in [-0.4, -0.2) is 37.5 Å². The van der Waals surface area contributed by atoms with Crippen molar-refractivity contribution in [3.8, 4) is 11.4 Å². The summed E-state index contributed by atoms with van der Waals surface area (Å²) in [6.07, 6.45) is 3.23. The zero-order valence-electron chi connectivity index (χ0n) is 18.4. The van der Waals surface area contributed by atoms with Crippen molar-refractivity contribution in [2.75, 3.05) is 7.11 Å². The second-order valence-electron chi connectivity index (χ2n) is 7.49. The molecule has 0 atom stereocenters. The smallest absolute Gasteiger partial charge is 0.192 e. The van der Waals surface area contributed by atoms with Gasteiger partial charge in [-0.15, -0.1) is 5.10 Å². The fourth-order valence-electron chi connectivity index (χ4n) is 3.84. The van der Waals surface area contributed by atoms with Crippen LogP contribution >= 0.6 is 11.6 Å². The summed E-state index contributed by atoms with van der Waals surface area (Å²) in [6, 6.07) is 15.3. The number of nitrogens with zero attached hydrogens (tertiary/aromatic N) is 6. The maximum Gasteiger partial charge on any atom is 0.192 e. The van der Waals surface area contributed by atoms with E-state index in [9.17, 15) is 0 Å². The molecule has 5 rings (SSSR count). The normalized spacial score (nSPS) is 11.6. The first-order chi connectivity index (χ1) is 16.1. The largest absolute Gasteiger partial charge is 0.495 e. The third kappa shape index (κ3) is 3.68. The fourth-order valence-corrected chi connectivity index (χ4v) is 4.03. The summed E-state index contributed by atoms with van der Waals surface area (Å²) >= 11 is 6.13. The van der Waals surface area contributed by atoms with E-state index in [1.165, 1.54) is 0 Å². The number of fused-ring (bicyclic) bond motifs is 3. The highest BCUT2D eigenvalue weighted by molar-refractivity contribution is 6.33. The van der Waals surface area contributed by atoms with Gasteiger partial charge in [-0.3, -0.25) is 4.57 Å². The highest BCUT2D eigenvalue weighted by Gasteiger charge is 2.20. The minimum absolute atomic E-state index is 0.120. The van der Waals surface area contributed by atoms with Crippen molar-refractivity contribution < 1.29 is 9.57 Å². The van der Waals surface area contributed by atoms with E-state index in [1.54, 1.807) is 30.2 Å². The molecular weight excluding hydrogens is 440 g/mol. The maximum absolute atomic E-state index is 6.13. The molecule has 0 spiro atoms. The molecule has 2 aromatic carbocycles. The summed E-state index contributed by atoms with van der Waals surface area (Å²) in [5, 5.41) is 10.0. The molecule has 3 heterocycles. The molecule has 0 fully saturated rings. The number of aryl methyl sites for hydroxylation is 1. The summed E-state index contributed by atoms with van der Waals surface area (Å²) in [4.78, 5) is 14.8. The highest BCUT2D eigenvalue weighted by atomic mass is 35.5. The molecule has 0 N–H and O–H groups in total. The maximum atomic E-state index is 6.13. The average Bonchev–Trinajstić information content (AvgIpc) is 3.36. The van der Waals surface area contributed by atoms with Crippen molar-refractivity contribution in [1.82, 2.24) is 24.1 Å². The van der Waals surface area contributed by atoms with Crippen LogP contribution < -0.4 is 4.74 Å². The molecule has 3 aromatic heterocycles. The van der Waals surface area contributed by atoms with Gasteiger partial charge in [0.1, 0.15) is 12.1 Å². The van der Waals surface area contributed by atoms with E-state index < -0.39 is 0 Å². The van der Waals surface area contributed by atoms with Gasteiger partial charge in [0.2, 0.25) is 0 Å². The molecule has 0 amide bonds. The van der Waals surface area contributed by atoms with Crippen LogP contribution in [0.25, 0.3) is 22.4 Å². The molecule has 0 bridgehead atoms. The Bertz CT molecular complexity index is 1500. The van der Waals surface area contributed by atoms with Gasteiger partial charge in [-0.2, -0.15) is 0 Å². The summed E-state index contributed by atoms with van der Waals surface area (Å²) in [7, 11) is 1.66. The monoisotopic (exact) mass is 460 g/mol. The number of hydrogen-bond donors (Lipinski definition) is 0. The van der Waals surface area contributed by atoms with Gasteiger partial charge in [0.05, 0.1) is 24.4 Å². The number of para-hydroxylation sites is 2. The first-order valence-corrected chi connectivity index (χ1v) is 10.7. The molecule has 0 aliphatic carbocycles. The van der Waals surface area contributed by atoms with Gasteiger partial charge < -0.3 is 9.57 Å². The van der Waals surface area contributed by atoms with Crippen molar-refractivity contribution in [3.05, 3.63) is 82.5 Å². The number of benzene rings is 2. The van der Waals surface area contributed by atoms with Crippen LogP contribution in [0.3, 0.4) is 0 Å². The lowest BCUT2D eigenvalue weighted by Gasteiger charge is -2.12. The van der Waals surface area contributed by atoms with Gasteiger partial charge in [-0.25, -0.2) is 14.5 Å². The van der Waals surface area contributed by atoms with Crippen LogP contribution in [0.15, 0.2) is 60.0 Å². The number of oxime groups is 1. The number of methoxy groups -OCH3 is 1. The van der Waals surface area contributed by atoms with Gasteiger partial charge >= 0.3 is 0 Å². The lowest BCUT2D eigenvalue weighted by Crippen LogP contribution is -2.01. The Morgan fingerprint density at radius 3 is 2.67 bits per heavy atom. The molecule has 0 aliphatic rings. The second-order valence-corrected chi connectivity index (χ2v) is 7.89. The molecule has 166 valence electrons. The SMILES string of the molecule is COc1ccccc1-n1c(C)c(C)c2c1ncn1nc(CO/N=C\c3ccccc3Cl)nc21. The fraction of sp³-hybridized carbons (Fsp3) is 0.167. The third-order valence-corrected chi connectivity index (χ3v) is 5.91. The Kier molecular flexibility index (Phi) is 5.43. The van der Waals surface area contributed by atoms with E-state index in [4.69, 9.17) is 26.2 Å². The number of hydrogen-bond acceptors (Lipinski definition) is 6. The van der Waals surface area contributed by atoms with E-state index in [2.05, 4.69) is 33.7 Å². The summed E-state index contributed by atoms with van der Waals surface area (Å²) in [6.45, 7) is 4.24. The van der Waals surface area contributed by atoms with Gasteiger partial charge in [-0.1, -0.05) is 47.1 Å². The lowest BCUT2D eigenvalue weighted by molar-refractivity contribution is 0.126. The summed E-state index contributed by atoms with van der Waals surface area (Å²) in [5.41, 5.74) is 5.33. The van der Waals surface area contributed by atoms with Crippen LogP contribution in [-0.2, 0) is 11.4 Å². The zero-order valence-corrected chi connectivity index (χ0v) is 19.1. The summed E-state index contributed by atoms with van der Waals surface area (Å²) in [5.74, 6) is 1.27. The van der Waals surface area contributed by atoms with E-state index in [0.29, 0.717) is 16.5 Å². The Morgan fingerprint density at radius 1 is 1.06 bits per heavy atom. The zero-order chi connectivity index (χ0) is 22.9. The first kappa shape index (κ1) is 21.0. The van der Waals surface area contributed by atoms with Crippen molar-refractivity contribution >= 4 is 34.5 Å². The molecule has 0 radical (unpaired) electrons. The van der Waals surface area contributed by atoms with Crippen LogP contribution in [0, 0.1) is 13.8 Å². The standard InChI is InChI=1S/C24H21ClN6O2/c1-15-16(2)31(19-10-6-7-11-20(19)32-3)23-22(15)24-28-21(29-30(24)14-26-23)13-33-27-12-17-8-4-5-9-18(17)25/h4-12,14H,13H2,1-3H3/b27-12-. The van der Waals surface area contributed by atoms with Gasteiger partial charge in [0, 0.05) is 16.3 Å². The van der Waals surface area contributed by atoms with Crippen LogP contribution in [0.4, 0.5) is 0 Å². The van der Waals surface area contributed by atoms with Gasteiger partial charge in [-0.05, 0) is 37.6 Å². The Balaban J connectivity index is 1.50. The molecule has 33 heavy (non-hydrogen) atoms. The predicted octanol–water partition coefficient (Wildman–Crippen LogP) is 4.90. The van der Waals surface area contributed by atoms with E-state index in [1.807, 2.05) is 42.5 Å². The molecule has 5 aromatic rings. The number of rotatable bonds is 6. The van der Waals surface area contributed by atoms with Gasteiger partial charge in [0.25, 0.3) is 0 Å². The first-order valence-electron chi connectivity index (χ1n) is 10.3. The molecule has 8 nitrogen and oxygen atoms in total. The van der Waals surface area contributed by atoms with Crippen molar-refractivity contribution in [2.45, 2.75) is 20.5 Å². The van der Waals surface area contributed by atoms with E-state index in [0.717, 1.165) is 39.3 Å².